The zero-order valence-corrected chi connectivity index (χ0v) is 23.3. The van der Waals surface area contributed by atoms with Crippen LogP contribution in [-0.2, 0) is 26.8 Å². The van der Waals surface area contributed by atoms with Crippen LogP contribution in [0.5, 0.6) is 0 Å². The van der Waals surface area contributed by atoms with Gasteiger partial charge in [-0.25, -0.2) is 5.14 Å². The fraction of sp³-hybridized carbons (Fsp3) is 0.444. The normalized spacial score (nSPS) is 17.6. The highest BCUT2D eigenvalue weighted by Gasteiger charge is 2.40. The van der Waals surface area contributed by atoms with Gasteiger partial charge in [0.2, 0.25) is 6.41 Å². The standard InChI is InChI=1S/C27H35ClN4O4S/c1-5-24-23(18-30-32(24)37(29,34)35)19-6-8-20(9-7-19)27(21-10-12-22(28)13-11-21)14-16-31(17-15-27)25(33)36-26(2,3)4/h6-13,18,25,33H,5,14-17H2,1-4H3,(H2,29,34,35). The first-order valence-electron chi connectivity index (χ1n) is 12.4. The van der Waals surface area contributed by atoms with Crippen LogP contribution in [0.1, 0.15) is 57.4 Å². The molecule has 10 heteroatoms. The van der Waals surface area contributed by atoms with Gasteiger partial charge in [-0.05, 0) is 68.9 Å². The highest BCUT2D eigenvalue weighted by atomic mass is 35.5. The van der Waals surface area contributed by atoms with Crippen LogP contribution in [0.15, 0.2) is 54.7 Å². The Morgan fingerprint density at radius 3 is 2.11 bits per heavy atom. The Morgan fingerprint density at radius 2 is 1.62 bits per heavy atom. The van der Waals surface area contributed by atoms with Crippen LogP contribution in [0.2, 0.25) is 5.02 Å². The van der Waals surface area contributed by atoms with Crippen molar-refractivity contribution in [1.82, 2.24) is 14.1 Å². The van der Waals surface area contributed by atoms with E-state index >= 15 is 0 Å². The Morgan fingerprint density at radius 1 is 1.08 bits per heavy atom. The van der Waals surface area contributed by atoms with E-state index in [9.17, 15) is 13.5 Å². The average molecular weight is 547 g/mol. The first-order valence-corrected chi connectivity index (χ1v) is 14.3. The summed E-state index contributed by atoms with van der Waals surface area (Å²) in [6.45, 7) is 8.96. The van der Waals surface area contributed by atoms with Gasteiger partial charge in [-0.3, -0.25) is 4.90 Å². The molecule has 1 fully saturated rings. The second-order valence-electron chi connectivity index (χ2n) is 10.5. The lowest BCUT2D eigenvalue weighted by Crippen LogP contribution is -2.50. The molecule has 3 N–H and O–H groups in total. The van der Waals surface area contributed by atoms with E-state index in [1.54, 1.807) is 6.20 Å². The molecule has 2 heterocycles. The molecule has 1 saturated heterocycles. The monoisotopic (exact) mass is 546 g/mol. The van der Waals surface area contributed by atoms with Crippen molar-refractivity contribution < 1.29 is 18.3 Å². The van der Waals surface area contributed by atoms with Gasteiger partial charge in [-0.2, -0.15) is 13.5 Å². The molecule has 1 aromatic heterocycles. The quantitative estimate of drug-likeness (QED) is 0.428. The van der Waals surface area contributed by atoms with Gasteiger partial charge in [0.25, 0.3) is 0 Å². The predicted octanol–water partition coefficient (Wildman–Crippen LogP) is 4.29. The Hall–Kier alpha value is -2.27. The molecule has 1 aliphatic heterocycles. The van der Waals surface area contributed by atoms with Gasteiger partial charge in [0.05, 0.1) is 17.5 Å². The fourth-order valence-corrected chi connectivity index (χ4v) is 5.98. The number of halogens is 1. The van der Waals surface area contributed by atoms with E-state index in [0.717, 1.165) is 39.2 Å². The van der Waals surface area contributed by atoms with Crippen molar-refractivity contribution in [3.8, 4) is 11.1 Å². The minimum atomic E-state index is -3.97. The van der Waals surface area contributed by atoms with E-state index < -0.39 is 22.2 Å². The first-order chi connectivity index (χ1) is 17.3. The smallest absolute Gasteiger partial charge is 0.318 e. The molecule has 8 nitrogen and oxygen atoms in total. The molecule has 0 radical (unpaired) electrons. The third-order valence-electron chi connectivity index (χ3n) is 6.98. The first kappa shape index (κ1) is 27.8. The van der Waals surface area contributed by atoms with Crippen LogP contribution in [0.3, 0.4) is 0 Å². The van der Waals surface area contributed by atoms with Gasteiger partial charge < -0.3 is 9.84 Å². The highest BCUT2D eigenvalue weighted by molar-refractivity contribution is 7.87. The summed E-state index contributed by atoms with van der Waals surface area (Å²) in [5.41, 5.74) is 3.72. The number of aliphatic hydroxyl groups is 1. The molecule has 0 saturated carbocycles. The molecule has 1 aliphatic rings. The van der Waals surface area contributed by atoms with Gasteiger partial charge >= 0.3 is 10.2 Å². The van der Waals surface area contributed by atoms with Crippen LogP contribution in [0, 0.1) is 0 Å². The minimum Gasteiger partial charge on any atom is -0.356 e. The van der Waals surface area contributed by atoms with Crippen molar-refractivity contribution in [2.24, 2.45) is 5.14 Å². The summed E-state index contributed by atoms with van der Waals surface area (Å²) in [5, 5.41) is 20.7. The van der Waals surface area contributed by atoms with Crippen LogP contribution >= 0.6 is 11.6 Å². The summed E-state index contributed by atoms with van der Waals surface area (Å²) in [5.74, 6) is 0. The lowest BCUT2D eigenvalue weighted by molar-refractivity contribution is -0.243. The van der Waals surface area contributed by atoms with Crippen LogP contribution in [0.4, 0.5) is 0 Å². The van der Waals surface area contributed by atoms with Gasteiger partial charge in [0.1, 0.15) is 0 Å². The molecule has 37 heavy (non-hydrogen) atoms. The van der Waals surface area contributed by atoms with Crippen LogP contribution in [-0.4, -0.2) is 52.7 Å². The van der Waals surface area contributed by atoms with E-state index in [0.29, 0.717) is 30.2 Å². The fourth-order valence-electron chi connectivity index (χ4n) is 5.14. The molecule has 0 amide bonds. The SMILES string of the molecule is CCc1c(-c2ccc(C3(c4ccc(Cl)cc4)CCN(C(O)OC(C)(C)C)CC3)cc2)cnn1S(N)(=O)=O. The van der Waals surface area contributed by atoms with E-state index in [4.69, 9.17) is 21.5 Å². The van der Waals surface area contributed by atoms with Crippen molar-refractivity contribution in [2.45, 2.75) is 64.4 Å². The number of hydrogen-bond donors (Lipinski definition) is 2. The van der Waals surface area contributed by atoms with E-state index in [1.165, 1.54) is 0 Å². The summed E-state index contributed by atoms with van der Waals surface area (Å²) in [4.78, 5) is 1.96. The Labute approximate surface area is 224 Å². The third kappa shape index (κ3) is 5.92. The zero-order chi connectivity index (χ0) is 27.0. The number of nitrogens with zero attached hydrogens (tertiary/aromatic N) is 3. The number of piperidine rings is 1. The van der Waals surface area contributed by atoms with Gasteiger partial charge in [0.15, 0.2) is 0 Å². The van der Waals surface area contributed by atoms with Crippen molar-refractivity contribution in [3.05, 3.63) is 76.6 Å². The van der Waals surface area contributed by atoms with E-state index in [1.807, 2.05) is 56.9 Å². The van der Waals surface area contributed by atoms with Crippen molar-refractivity contribution in [2.75, 3.05) is 13.1 Å². The second-order valence-corrected chi connectivity index (χ2v) is 12.3. The number of aromatic nitrogens is 2. The van der Waals surface area contributed by atoms with Crippen molar-refractivity contribution in [3.63, 3.8) is 0 Å². The van der Waals surface area contributed by atoms with Gasteiger partial charge in [-0.15, -0.1) is 4.09 Å². The van der Waals surface area contributed by atoms with Gasteiger partial charge in [0, 0.05) is 29.1 Å². The molecule has 3 aromatic rings. The highest BCUT2D eigenvalue weighted by Crippen LogP contribution is 2.43. The topological polar surface area (TPSA) is 111 Å². The molecular formula is C27H35ClN4O4S. The minimum absolute atomic E-state index is 0.278. The Bertz CT molecular complexity index is 1320. The molecule has 0 bridgehead atoms. The number of nitrogens with two attached hydrogens (primary N) is 1. The number of rotatable bonds is 7. The zero-order valence-electron chi connectivity index (χ0n) is 21.7. The van der Waals surface area contributed by atoms with Crippen LogP contribution in [0.25, 0.3) is 11.1 Å². The Kier molecular flexibility index (Phi) is 7.86. The molecule has 0 aliphatic carbocycles. The lowest BCUT2D eigenvalue weighted by atomic mass is 9.68. The summed E-state index contributed by atoms with van der Waals surface area (Å²) in [6.07, 6.45) is 2.61. The molecule has 0 spiro atoms. The number of benzene rings is 2. The molecule has 2 aromatic carbocycles. The van der Waals surface area contributed by atoms with Crippen molar-refractivity contribution in [1.29, 1.82) is 0 Å². The second kappa shape index (κ2) is 10.5. The summed E-state index contributed by atoms with van der Waals surface area (Å²) < 4.78 is 30.5. The number of hydrogen-bond acceptors (Lipinski definition) is 6. The summed E-state index contributed by atoms with van der Waals surface area (Å²) in [7, 11) is -3.97. The van der Waals surface area contributed by atoms with E-state index in [2.05, 4.69) is 29.4 Å². The lowest BCUT2D eigenvalue weighted by Gasteiger charge is -2.44. The maximum atomic E-state index is 11.9. The maximum absolute atomic E-state index is 11.9. The third-order valence-corrected chi connectivity index (χ3v) is 8.03. The van der Waals surface area contributed by atoms with E-state index in [-0.39, 0.29) is 5.41 Å². The average Bonchev–Trinajstić information content (AvgIpc) is 3.28. The number of aliphatic hydroxyl groups excluding tert-OH is 1. The number of likely N-dealkylation sites (tertiary alicyclic amines) is 1. The molecule has 1 unspecified atom stereocenters. The van der Waals surface area contributed by atoms with Crippen molar-refractivity contribution >= 4 is 21.8 Å². The summed E-state index contributed by atoms with van der Waals surface area (Å²) >= 11 is 6.20. The molecule has 4 rings (SSSR count). The largest absolute Gasteiger partial charge is 0.356 e. The van der Waals surface area contributed by atoms with Gasteiger partial charge in [-0.1, -0.05) is 54.9 Å². The molecular weight excluding hydrogens is 512 g/mol. The Balaban J connectivity index is 1.67. The molecule has 1 atom stereocenters. The maximum Gasteiger partial charge on any atom is 0.318 e. The number of ether oxygens (including phenoxy) is 1. The molecule has 200 valence electrons. The predicted molar refractivity (Wildman–Crippen MR) is 145 cm³/mol. The summed E-state index contributed by atoms with van der Waals surface area (Å²) in [6, 6.07) is 16.1. The van der Waals surface area contributed by atoms with Crippen LogP contribution < -0.4 is 5.14 Å².